The third-order valence-electron chi connectivity index (χ3n) is 1.29. The molecule has 0 saturated heterocycles. The second-order valence-corrected chi connectivity index (χ2v) is 3.41. The Hall–Kier alpha value is -0.490. The second-order valence-electron chi connectivity index (χ2n) is 2.18. The molecule has 0 radical (unpaired) electrons. The Morgan fingerprint density at radius 3 is 2.38 bits per heavy atom. The molecule has 0 aromatic carbocycles. The lowest BCUT2D eigenvalue weighted by Crippen LogP contribution is -2.11. The first-order valence-electron chi connectivity index (χ1n) is 3.00. The number of nitrogens with two attached hydrogens (primary N) is 1. The largest absolute Gasteiger partial charge is 0.421 e. The molecule has 0 saturated carbocycles. The second kappa shape index (κ2) is 3.34. The van der Waals surface area contributed by atoms with Gasteiger partial charge in [0.05, 0.1) is 9.50 Å². The van der Waals surface area contributed by atoms with E-state index in [1.807, 2.05) is 0 Å². The van der Waals surface area contributed by atoms with Crippen LogP contribution in [0, 0.1) is 0 Å². The summed E-state index contributed by atoms with van der Waals surface area (Å²) in [6.45, 7) is 0. The minimum atomic E-state index is -4.59. The van der Waals surface area contributed by atoms with E-state index in [2.05, 4.69) is 20.9 Å². The van der Waals surface area contributed by atoms with Crippen molar-refractivity contribution in [2.75, 3.05) is 5.73 Å². The van der Waals surface area contributed by atoms with Gasteiger partial charge >= 0.3 is 6.18 Å². The summed E-state index contributed by atoms with van der Waals surface area (Å²) in [6.07, 6.45) is -3.47. The molecular formula is C6H3BrClF3N2. The summed E-state index contributed by atoms with van der Waals surface area (Å²) in [5, 5.41) is -0.472. The van der Waals surface area contributed by atoms with E-state index in [1.165, 1.54) is 0 Å². The van der Waals surface area contributed by atoms with Crippen molar-refractivity contribution in [2.24, 2.45) is 0 Å². The SMILES string of the molecule is Nc1ncc(Br)c(Cl)c1C(F)(F)F. The number of halogens is 5. The molecule has 1 rings (SSSR count). The summed E-state index contributed by atoms with van der Waals surface area (Å²) in [7, 11) is 0. The van der Waals surface area contributed by atoms with Crippen LogP contribution in [0.25, 0.3) is 0 Å². The molecule has 72 valence electrons. The Kier molecular flexibility index (Phi) is 2.72. The molecule has 2 N–H and O–H groups in total. The molecule has 1 aromatic heterocycles. The van der Waals surface area contributed by atoms with Gasteiger partial charge < -0.3 is 5.73 Å². The van der Waals surface area contributed by atoms with Crippen molar-refractivity contribution < 1.29 is 13.2 Å². The summed E-state index contributed by atoms with van der Waals surface area (Å²) in [5.41, 5.74) is 3.93. The first-order chi connectivity index (χ1) is 5.84. The van der Waals surface area contributed by atoms with Gasteiger partial charge in [-0.25, -0.2) is 4.98 Å². The van der Waals surface area contributed by atoms with E-state index in [4.69, 9.17) is 17.3 Å². The van der Waals surface area contributed by atoms with Crippen LogP contribution in [0.3, 0.4) is 0 Å². The lowest BCUT2D eigenvalue weighted by molar-refractivity contribution is -0.137. The first kappa shape index (κ1) is 10.6. The molecule has 0 bridgehead atoms. The monoisotopic (exact) mass is 274 g/mol. The number of anilines is 1. The Labute approximate surface area is 85.0 Å². The van der Waals surface area contributed by atoms with Crippen LogP contribution in [-0.4, -0.2) is 4.98 Å². The number of nitrogen functional groups attached to an aromatic ring is 1. The van der Waals surface area contributed by atoms with Crippen molar-refractivity contribution in [3.8, 4) is 0 Å². The lowest BCUT2D eigenvalue weighted by atomic mass is 10.2. The molecule has 0 atom stereocenters. The highest BCUT2D eigenvalue weighted by atomic mass is 79.9. The minimum absolute atomic E-state index is 0.0655. The van der Waals surface area contributed by atoms with Crippen molar-refractivity contribution in [3.63, 3.8) is 0 Å². The number of nitrogens with zero attached hydrogens (tertiary/aromatic N) is 1. The highest BCUT2D eigenvalue weighted by Gasteiger charge is 2.37. The quantitative estimate of drug-likeness (QED) is 0.790. The average Bonchev–Trinajstić information content (AvgIpc) is 1.95. The van der Waals surface area contributed by atoms with Gasteiger partial charge in [0.2, 0.25) is 0 Å². The zero-order valence-corrected chi connectivity index (χ0v) is 8.33. The molecule has 0 aliphatic rings. The third-order valence-corrected chi connectivity index (χ3v) is 2.51. The number of rotatable bonds is 0. The number of pyridine rings is 1. The van der Waals surface area contributed by atoms with Crippen LogP contribution in [0.15, 0.2) is 10.7 Å². The fourth-order valence-electron chi connectivity index (χ4n) is 0.749. The molecule has 7 heteroatoms. The Morgan fingerprint density at radius 2 is 2.00 bits per heavy atom. The predicted octanol–water partition coefficient (Wildman–Crippen LogP) is 3.10. The van der Waals surface area contributed by atoms with E-state index < -0.39 is 22.6 Å². The van der Waals surface area contributed by atoms with E-state index in [-0.39, 0.29) is 4.47 Å². The van der Waals surface area contributed by atoms with Gasteiger partial charge in [0.1, 0.15) is 11.4 Å². The molecule has 1 heterocycles. The molecule has 0 fully saturated rings. The number of hydrogen-bond acceptors (Lipinski definition) is 2. The fourth-order valence-corrected chi connectivity index (χ4v) is 1.30. The van der Waals surface area contributed by atoms with Gasteiger partial charge in [-0.05, 0) is 15.9 Å². The molecule has 0 aliphatic carbocycles. The Morgan fingerprint density at radius 1 is 1.46 bits per heavy atom. The molecule has 13 heavy (non-hydrogen) atoms. The smallest absolute Gasteiger partial charge is 0.383 e. The maximum Gasteiger partial charge on any atom is 0.421 e. The molecule has 2 nitrogen and oxygen atoms in total. The van der Waals surface area contributed by atoms with E-state index in [0.29, 0.717) is 0 Å². The fraction of sp³-hybridized carbons (Fsp3) is 0.167. The van der Waals surface area contributed by atoms with E-state index in [0.717, 1.165) is 6.20 Å². The van der Waals surface area contributed by atoms with Gasteiger partial charge in [0.15, 0.2) is 0 Å². The van der Waals surface area contributed by atoms with Gasteiger partial charge in [-0.15, -0.1) is 0 Å². The number of aromatic nitrogens is 1. The topological polar surface area (TPSA) is 38.9 Å². The normalized spacial score (nSPS) is 11.8. The van der Waals surface area contributed by atoms with Gasteiger partial charge in [-0.2, -0.15) is 13.2 Å². The van der Waals surface area contributed by atoms with Crippen LogP contribution >= 0.6 is 27.5 Å². The van der Waals surface area contributed by atoms with Crippen LogP contribution < -0.4 is 5.73 Å². The molecular weight excluding hydrogens is 272 g/mol. The van der Waals surface area contributed by atoms with Gasteiger partial charge in [-0.1, -0.05) is 11.6 Å². The zero-order chi connectivity index (χ0) is 10.2. The summed E-state index contributed by atoms with van der Waals surface area (Å²) < 4.78 is 36.9. The Bertz CT molecular complexity index is 339. The van der Waals surface area contributed by atoms with Crippen molar-refractivity contribution in [3.05, 3.63) is 21.3 Å². The predicted molar refractivity (Wildman–Crippen MR) is 46.4 cm³/mol. The number of alkyl halides is 3. The lowest BCUT2D eigenvalue weighted by Gasteiger charge is -2.11. The van der Waals surface area contributed by atoms with Gasteiger partial charge in [-0.3, -0.25) is 0 Å². The molecule has 0 aliphatic heterocycles. The molecule has 0 spiro atoms. The van der Waals surface area contributed by atoms with E-state index in [1.54, 1.807) is 0 Å². The zero-order valence-electron chi connectivity index (χ0n) is 5.99. The highest BCUT2D eigenvalue weighted by Crippen LogP contribution is 2.40. The van der Waals surface area contributed by atoms with E-state index in [9.17, 15) is 13.2 Å². The molecule has 1 aromatic rings. The van der Waals surface area contributed by atoms with Crippen molar-refractivity contribution >= 4 is 33.3 Å². The van der Waals surface area contributed by atoms with Crippen molar-refractivity contribution in [1.29, 1.82) is 0 Å². The maximum atomic E-state index is 12.3. The number of hydrogen-bond donors (Lipinski definition) is 1. The third kappa shape index (κ3) is 2.05. The Balaban J connectivity index is 3.43. The summed E-state index contributed by atoms with van der Waals surface area (Å²) in [6, 6.07) is 0. The summed E-state index contributed by atoms with van der Waals surface area (Å²) in [5.74, 6) is -0.624. The first-order valence-corrected chi connectivity index (χ1v) is 4.18. The van der Waals surface area contributed by atoms with Gasteiger partial charge in [0, 0.05) is 6.20 Å². The van der Waals surface area contributed by atoms with Crippen LogP contribution in [0.5, 0.6) is 0 Å². The minimum Gasteiger partial charge on any atom is -0.383 e. The highest BCUT2D eigenvalue weighted by molar-refractivity contribution is 9.10. The van der Waals surface area contributed by atoms with Gasteiger partial charge in [0.25, 0.3) is 0 Å². The summed E-state index contributed by atoms with van der Waals surface area (Å²) >= 11 is 8.22. The summed E-state index contributed by atoms with van der Waals surface area (Å²) in [4.78, 5) is 3.33. The standard InChI is InChI=1S/C6H3BrClF3N2/c7-2-1-13-5(12)3(4(2)8)6(9,10)11/h1H,(H2,12,13). The van der Waals surface area contributed by atoms with Crippen LogP contribution in [0.4, 0.5) is 19.0 Å². The maximum absolute atomic E-state index is 12.3. The van der Waals surface area contributed by atoms with E-state index >= 15 is 0 Å². The van der Waals surface area contributed by atoms with Crippen LogP contribution in [0.2, 0.25) is 5.02 Å². The van der Waals surface area contributed by atoms with Crippen molar-refractivity contribution in [2.45, 2.75) is 6.18 Å². The van der Waals surface area contributed by atoms with Crippen LogP contribution in [-0.2, 0) is 6.18 Å². The molecule has 0 amide bonds. The average molecular weight is 275 g/mol. The van der Waals surface area contributed by atoms with Crippen LogP contribution in [0.1, 0.15) is 5.56 Å². The van der Waals surface area contributed by atoms with Crippen molar-refractivity contribution in [1.82, 2.24) is 4.98 Å². The molecule has 0 unspecified atom stereocenters.